The van der Waals surface area contributed by atoms with Crippen LogP contribution in [-0.2, 0) is 4.74 Å². The Labute approximate surface area is 184 Å². The molecule has 0 bridgehead atoms. The van der Waals surface area contributed by atoms with Crippen molar-refractivity contribution in [3.63, 3.8) is 0 Å². The summed E-state index contributed by atoms with van der Waals surface area (Å²) in [6, 6.07) is 0. The van der Waals surface area contributed by atoms with Gasteiger partial charge in [-0.3, -0.25) is 4.99 Å². The van der Waals surface area contributed by atoms with E-state index < -0.39 is 0 Å². The Bertz CT molecular complexity index is 409. The van der Waals surface area contributed by atoms with Crippen molar-refractivity contribution in [2.24, 2.45) is 16.8 Å². The molecule has 2 heterocycles. The molecule has 7 heteroatoms. The van der Waals surface area contributed by atoms with Gasteiger partial charge in [0.25, 0.3) is 0 Å². The van der Waals surface area contributed by atoms with Crippen LogP contribution in [0.1, 0.15) is 33.1 Å². The maximum atomic E-state index is 5.47. The third-order valence-corrected chi connectivity index (χ3v) is 5.63. The summed E-state index contributed by atoms with van der Waals surface area (Å²) in [5.74, 6) is 2.46. The number of likely N-dealkylation sites (N-methyl/N-ethyl adjacent to an activating group) is 1. The first-order valence-corrected chi connectivity index (χ1v) is 10.6. The van der Waals surface area contributed by atoms with E-state index in [1.807, 2.05) is 0 Å². The largest absolute Gasteiger partial charge is 0.381 e. The van der Waals surface area contributed by atoms with Crippen molar-refractivity contribution < 1.29 is 4.74 Å². The number of nitrogens with zero attached hydrogens (tertiary/aromatic N) is 4. The van der Waals surface area contributed by atoms with Crippen LogP contribution in [0.4, 0.5) is 0 Å². The lowest BCUT2D eigenvalue weighted by atomic mass is 9.96. The number of piperazine rings is 1. The molecular formula is C20H42IN5O. The number of hydrogen-bond acceptors (Lipinski definition) is 4. The smallest absolute Gasteiger partial charge is 0.193 e. The molecule has 27 heavy (non-hydrogen) atoms. The van der Waals surface area contributed by atoms with Crippen molar-refractivity contribution >= 4 is 29.9 Å². The Hall–Kier alpha value is -0.120. The van der Waals surface area contributed by atoms with E-state index in [1.165, 1.54) is 45.4 Å². The van der Waals surface area contributed by atoms with E-state index in [9.17, 15) is 0 Å². The van der Waals surface area contributed by atoms with Gasteiger partial charge < -0.3 is 24.8 Å². The SMILES string of the molecule is CCNC(=NCC(C)CN1CCN(C)CC1)N(C)CCC1CCOCC1.I. The Morgan fingerprint density at radius 3 is 2.52 bits per heavy atom. The highest BCUT2D eigenvalue weighted by atomic mass is 127. The third kappa shape index (κ3) is 9.76. The van der Waals surface area contributed by atoms with E-state index in [0.29, 0.717) is 5.92 Å². The molecule has 0 amide bonds. The minimum absolute atomic E-state index is 0. The van der Waals surface area contributed by atoms with Gasteiger partial charge in [-0.2, -0.15) is 0 Å². The quantitative estimate of drug-likeness (QED) is 0.318. The molecule has 0 aromatic rings. The van der Waals surface area contributed by atoms with Crippen molar-refractivity contribution in [3.8, 4) is 0 Å². The minimum Gasteiger partial charge on any atom is -0.381 e. The highest BCUT2D eigenvalue weighted by Crippen LogP contribution is 2.18. The average Bonchev–Trinajstić information content (AvgIpc) is 2.66. The van der Waals surface area contributed by atoms with Crippen molar-refractivity contribution in [3.05, 3.63) is 0 Å². The lowest BCUT2D eigenvalue weighted by Crippen LogP contribution is -2.46. The number of ether oxygens (including phenoxy) is 1. The summed E-state index contributed by atoms with van der Waals surface area (Å²) < 4.78 is 5.47. The zero-order chi connectivity index (χ0) is 18.8. The van der Waals surface area contributed by atoms with Crippen LogP contribution in [0.2, 0.25) is 0 Å². The summed E-state index contributed by atoms with van der Waals surface area (Å²) in [6.45, 7) is 15.2. The zero-order valence-corrected chi connectivity index (χ0v) is 20.3. The van der Waals surface area contributed by atoms with Crippen molar-refractivity contribution in [2.75, 3.05) is 79.7 Å². The van der Waals surface area contributed by atoms with E-state index in [4.69, 9.17) is 9.73 Å². The standard InChI is InChI=1S/C20H41N5O.HI/c1-5-21-20(24(4)9-6-19-7-14-26-15-8-19)22-16-18(2)17-25-12-10-23(3)11-13-25;/h18-19H,5-17H2,1-4H3,(H,21,22);1H. The Kier molecular flexibility index (Phi) is 12.9. The molecule has 0 aliphatic carbocycles. The highest BCUT2D eigenvalue weighted by Gasteiger charge is 2.17. The predicted molar refractivity (Wildman–Crippen MR) is 125 cm³/mol. The lowest BCUT2D eigenvalue weighted by molar-refractivity contribution is 0.0625. The van der Waals surface area contributed by atoms with Gasteiger partial charge in [-0.15, -0.1) is 24.0 Å². The normalized spacial score (nSPS) is 21.6. The summed E-state index contributed by atoms with van der Waals surface area (Å²) in [5, 5.41) is 3.47. The van der Waals surface area contributed by atoms with Crippen LogP contribution in [0.15, 0.2) is 4.99 Å². The highest BCUT2D eigenvalue weighted by molar-refractivity contribution is 14.0. The Balaban J connectivity index is 0.00000364. The maximum absolute atomic E-state index is 5.47. The molecule has 1 unspecified atom stereocenters. The average molecular weight is 495 g/mol. The zero-order valence-electron chi connectivity index (χ0n) is 18.0. The number of halogens is 1. The molecule has 0 saturated carbocycles. The summed E-state index contributed by atoms with van der Waals surface area (Å²) in [5.41, 5.74) is 0. The molecule has 2 fully saturated rings. The third-order valence-electron chi connectivity index (χ3n) is 5.63. The van der Waals surface area contributed by atoms with Crippen LogP contribution in [-0.4, -0.2) is 100 Å². The Morgan fingerprint density at radius 2 is 1.89 bits per heavy atom. The first-order chi connectivity index (χ1) is 12.6. The molecule has 2 aliphatic rings. The summed E-state index contributed by atoms with van der Waals surface area (Å²) in [7, 11) is 4.38. The second-order valence-corrected chi connectivity index (χ2v) is 8.17. The molecule has 2 rings (SSSR count). The fourth-order valence-electron chi connectivity index (χ4n) is 3.76. The van der Waals surface area contributed by atoms with E-state index >= 15 is 0 Å². The van der Waals surface area contributed by atoms with Crippen LogP contribution < -0.4 is 5.32 Å². The molecule has 0 aromatic heterocycles. The second-order valence-electron chi connectivity index (χ2n) is 8.17. The van der Waals surface area contributed by atoms with Gasteiger partial charge in [-0.1, -0.05) is 6.92 Å². The number of guanidine groups is 1. The van der Waals surface area contributed by atoms with Gasteiger partial charge in [0.15, 0.2) is 5.96 Å². The van der Waals surface area contributed by atoms with Crippen molar-refractivity contribution in [1.82, 2.24) is 20.0 Å². The lowest BCUT2D eigenvalue weighted by Gasteiger charge is -2.33. The van der Waals surface area contributed by atoms with Gasteiger partial charge in [-0.05, 0) is 45.1 Å². The van der Waals surface area contributed by atoms with Crippen LogP contribution in [0.5, 0.6) is 0 Å². The molecule has 0 aromatic carbocycles. The van der Waals surface area contributed by atoms with Gasteiger partial charge in [0.1, 0.15) is 0 Å². The van der Waals surface area contributed by atoms with Gasteiger partial charge >= 0.3 is 0 Å². The molecule has 0 radical (unpaired) electrons. The van der Waals surface area contributed by atoms with E-state index in [1.54, 1.807) is 0 Å². The summed E-state index contributed by atoms with van der Waals surface area (Å²) >= 11 is 0. The first kappa shape index (κ1) is 24.9. The van der Waals surface area contributed by atoms with Crippen LogP contribution in [0.3, 0.4) is 0 Å². The molecular weight excluding hydrogens is 453 g/mol. The van der Waals surface area contributed by atoms with Crippen LogP contribution >= 0.6 is 24.0 Å². The predicted octanol–water partition coefficient (Wildman–Crippen LogP) is 2.20. The second kappa shape index (κ2) is 14.0. The molecule has 2 aliphatic heterocycles. The Morgan fingerprint density at radius 1 is 1.22 bits per heavy atom. The van der Waals surface area contributed by atoms with Gasteiger partial charge in [0.2, 0.25) is 0 Å². The fraction of sp³-hybridized carbons (Fsp3) is 0.950. The van der Waals surface area contributed by atoms with Crippen molar-refractivity contribution in [1.29, 1.82) is 0 Å². The van der Waals surface area contributed by atoms with Crippen LogP contribution in [0, 0.1) is 11.8 Å². The summed E-state index contributed by atoms with van der Waals surface area (Å²) in [6.07, 6.45) is 3.66. The number of aliphatic imine (C=N–C) groups is 1. The van der Waals surface area contributed by atoms with Gasteiger partial charge in [-0.25, -0.2) is 0 Å². The van der Waals surface area contributed by atoms with Gasteiger partial charge in [0.05, 0.1) is 0 Å². The first-order valence-electron chi connectivity index (χ1n) is 10.6. The molecule has 2 saturated heterocycles. The van der Waals surface area contributed by atoms with Crippen molar-refractivity contribution in [2.45, 2.75) is 33.1 Å². The van der Waals surface area contributed by atoms with Crippen LogP contribution in [0.25, 0.3) is 0 Å². The summed E-state index contributed by atoms with van der Waals surface area (Å²) in [4.78, 5) is 12.2. The van der Waals surface area contributed by atoms with E-state index in [0.717, 1.165) is 51.3 Å². The van der Waals surface area contributed by atoms with Gasteiger partial charge in [0, 0.05) is 72.6 Å². The number of nitrogens with one attached hydrogen (secondary N) is 1. The number of hydrogen-bond donors (Lipinski definition) is 1. The molecule has 160 valence electrons. The molecule has 1 N–H and O–H groups in total. The molecule has 0 spiro atoms. The monoisotopic (exact) mass is 495 g/mol. The maximum Gasteiger partial charge on any atom is 0.193 e. The minimum atomic E-state index is 0. The van der Waals surface area contributed by atoms with E-state index in [-0.39, 0.29) is 24.0 Å². The topological polar surface area (TPSA) is 43.3 Å². The molecule has 1 atom stereocenters. The fourth-order valence-corrected chi connectivity index (χ4v) is 3.76. The number of rotatable bonds is 8. The molecule has 6 nitrogen and oxygen atoms in total. The van der Waals surface area contributed by atoms with E-state index in [2.05, 4.69) is 48.0 Å².